The van der Waals surface area contributed by atoms with E-state index in [4.69, 9.17) is 9.72 Å². The number of piperidine rings is 1. The van der Waals surface area contributed by atoms with E-state index in [9.17, 15) is 18.8 Å². The van der Waals surface area contributed by atoms with Crippen molar-refractivity contribution in [3.63, 3.8) is 0 Å². The molecule has 2 aromatic heterocycles. The van der Waals surface area contributed by atoms with E-state index in [1.807, 2.05) is 48.2 Å². The van der Waals surface area contributed by atoms with E-state index in [-0.39, 0.29) is 24.0 Å². The number of likely N-dealkylation sites (N-methyl/N-ethyl adjacent to an activating group) is 1. The SMILES string of the molecule is C=CC(=O)N1CCN(c2cc3cnc(Nc4ccc(N5CCN(C)CC5)cc4OC)nc3n([C@@H]3CCCN(C(=O)C(=C)F)C3)c2=O)c2cccc(C)c21. The summed E-state index contributed by atoms with van der Waals surface area (Å²) in [5, 5.41) is 3.89. The number of hydrogen-bond acceptors (Lipinski definition) is 10. The molecule has 0 aliphatic carbocycles. The van der Waals surface area contributed by atoms with Gasteiger partial charge in [0.2, 0.25) is 5.95 Å². The van der Waals surface area contributed by atoms with Gasteiger partial charge >= 0.3 is 0 Å². The summed E-state index contributed by atoms with van der Waals surface area (Å²) in [5.41, 5.74) is 4.41. The zero-order valence-corrected chi connectivity index (χ0v) is 30.3. The van der Waals surface area contributed by atoms with Crippen molar-refractivity contribution >= 4 is 57.2 Å². The van der Waals surface area contributed by atoms with E-state index >= 15 is 0 Å². The Balaban J connectivity index is 1.31. The van der Waals surface area contributed by atoms with Gasteiger partial charge in [0.25, 0.3) is 17.4 Å². The number of piperazine rings is 1. The number of benzene rings is 2. The van der Waals surface area contributed by atoms with Crippen LogP contribution in [0, 0.1) is 6.92 Å². The maximum Gasteiger partial charge on any atom is 0.282 e. The van der Waals surface area contributed by atoms with Crippen molar-refractivity contribution in [2.24, 2.45) is 0 Å². The van der Waals surface area contributed by atoms with Gasteiger partial charge in [0.1, 0.15) is 17.1 Å². The van der Waals surface area contributed by atoms with Gasteiger partial charge in [0, 0.05) is 75.7 Å². The lowest BCUT2D eigenvalue weighted by molar-refractivity contribution is -0.130. The second kappa shape index (κ2) is 14.7. The van der Waals surface area contributed by atoms with Crippen LogP contribution in [0.1, 0.15) is 24.4 Å². The number of rotatable bonds is 8. The lowest BCUT2D eigenvalue weighted by atomic mass is 10.0. The van der Waals surface area contributed by atoms with Crippen LogP contribution in [0.25, 0.3) is 11.0 Å². The number of hydrogen-bond donors (Lipinski definition) is 1. The molecular weight excluding hydrogens is 677 g/mol. The number of aromatic nitrogens is 3. The number of anilines is 6. The molecule has 14 heteroatoms. The van der Waals surface area contributed by atoms with Crippen LogP contribution >= 0.6 is 0 Å². The van der Waals surface area contributed by atoms with Crippen molar-refractivity contribution in [1.82, 2.24) is 24.3 Å². The summed E-state index contributed by atoms with van der Waals surface area (Å²) < 4.78 is 21.5. The van der Waals surface area contributed by atoms with Crippen molar-refractivity contribution in [2.45, 2.75) is 25.8 Å². The Morgan fingerprint density at radius 2 is 1.83 bits per heavy atom. The highest BCUT2D eigenvalue weighted by Gasteiger charge is 2.33. The fraction of sp³-hybridized carbons (Fsp3) is 0.359. The van der Waals surface area contributed by atoms with Gasteiger partial charge in [-0.3, -0.25) is 19.0 Å². The predicted molar refractivity (Wildman–Crippen MR) is 206 cm³/mol. The minimum Gasteiger partial charge on any atom is -0.494 e. The summed E-state index contributed by atoms with van der Waals surface area (Å²) in [5.74, 6) is -1.19. The van der Waals surface area contributed by atoms with E-state index in [1.165, 1.54) is 11.0 Å². The number of carbonyl (C=O) groups is 2. The van der Waals surface area contributed by atoms with Crippen molar-refractivity contribution in [3.8, 4) is 5.75 Å². The molecule has 1 N–H and O–H groups in total. The van der Waals surface area contributed by atoms with Crippen molar-refractivity contribution in [1.29, 1.82) is 0 Å². The number of carbonyl (C=O) groups excluding carboxylic acids is 2. The third kappa shape index (κ3) is 6.81. The summed E-state index contributed by atoms with van der Waals surface area (Å²) in [6.07, 6.45) is 4.07. The molecule has 3 aliphatic heterocycles. The lowest BCUT2D eigenvalue weighted by Crippen LogP contribution is -2.46. The van der Waals surface area contributed by atoms with Crippen LogP contribution in [0.2, 0.25) is 0 Å². The summed E-state index contributed by atoms with van der Waals surface area (Å²) in [4.78, 5) is 59.6. The number of halogens is 1. The van der Waals surface area contributed by atoms with Crippen LogP contribution in [-0.4, -0.2) is 103 Å². The van der Waals surface area contributed by atoms with Gasteiger partial charge in [-0.25, -0.2) is 9.37 Å². The number of pyridine rings is 1. The number of para-hydroxylation sites is 1. The first-order valence-electron chi connectivity index (χ1n) is 17.8. The van der Waals surface area contributed by atoms with Gasteiger partial charge in [0.05, 0.1) is 30.2 Å². The monoisotopic (exact) mass is 721 g/mol. The molecule has 2 saturated heterocycles. The Hall–Kier alpha value is -5.76. The van der Waals surface area contributed by atoms with Crippen LogP contribution in [0.3, 0.4) is 0 Å². The van der Waals surface area contributed by atoms with Crippen LogP contribution in [0.4, 0.5) is 38.8 Å². The van der Waals surface area contributed by atoms with Gasteiger partial charge in [-0.2, -0.15) is 4.98 Å². The summed E-state index contributed by atoms with van der Waals surface area (Å²) >= 11 is 0. The van der Waals surface area contributed by atoms with Crippen molar-refractivity contribution in [2.75, 3.05) is 86.5 Å². The topological polar surface area (TPSA) is 119 Å². The molecule has 0 saturated carbocycles. The second-order valence-corrected chi connectivity index (χ2v) is 13.7. The molecule has 7 rings (SSSR count). The summed E-state index contributed by atoms with van der Waals surface area (Å²) in [7, 11) is 3.73. The van der Waals surface area contributed by atoms with Crippen LogP contribution in [0.5, 0.6) is 5.75 Å². The van der Waals surface area contributed by atoms with E-state index < -0.39 is 17.8 Å². The van der Waals surface area contributed by atoms with Gasteiger partial charge in [-0.15, -0.1) is 0 Å². The number of likely N-dealkylation sites (tertiary alicyclic amines) is 1. The first kappa shape index (κ1) is 35.6. The normalized spacial score (nSPS) is 17.8. The lowest BCUT2D eigenvalue weighted by Gasteiger charge is -2.39. The standard InChI is InChI=1S/C39H44FN9O4/c1-6-34(50)48-20-19-47(31-11-7-9-25(2)35(31)48)32-21-27-23-41-39(42-30-13-12-28(22-33(30)53-5)45-17-15-44(4)16-18-45)43-36(27)49(38(32)52)29-10-8-14-46(24-29)37(51)26(3)40/h6-7,9,11-13,21-23,29H,1,3,8,10,14-20,24H2,2,4-5H3,(H,41,42,43)/t29-/m1/s1. The van der Waals surface area contributed by atoms with Gasteiger partial charge < -0.3 is 34.6 Å². The second-order valence-electron chi connectivity index (χ2n) is 13.7. The molecule has 13 nitrogen and oxygen atoms in total. The van der Waals surface area contributed by atoms with Gasteiger partial charge in [-0.1, -0.05) is 25.3 Å². The molecule has 2 amide bonds. The Labute approximate surface area is 307 Å². The average Bonchev–Trinajstić information content (AvgIpc) is 3.17. The first-order valence-corrected chi connectivity index (χ1v) is 17.8. The molecule has 2 aromatic carbocycles. The zero-order valence-electron chi connectivity index (χ0n) is 30.3. The van der Waals surface area contributed by atoms with E-state index in [0.29, 0.717) is 72.0 Å². The largest absolute Gasteiger partial charge is 0.494 e. The molecule has 3 aliphatic rings. The number of fused-ring (bicyclic) bond motifs is 2. The quantitative estimate of drug-likeness (QED) is 0.251. The minimum atomic E-state index is -1.04. The molecule has 5 heterocycles. The molecule has 53 heavy (non-hydrogen) atoms. The number of amides is 2. The highest BCUT2D eigenvalue weighted by molar-refractivity contribution is 6.05. The van der Waals surface area contributed by atoms with Gasteiger partial charge in [-0.05, 0) is 62.7 Å². The summed E-state index contributed by atoms with van der Waals surface area (Å²) in [6, 6.07) is 12.9. The van der Waals surface area contributed by atoms with Crippen LogP contribution in [-0.2, 0) is 9.59 Å². The highest BCUT2D eigenvalue weighted by atomic mass is 19.1. The Morgan fingerprint density at radius 1 is 1.04 bits per heavy atom. The molecule has 0 spiro atoms. The molecule has 0 radical (unpaired) electrons. The van der Waals surface area contributed by atoms with E-state index in [1.54, 1.807) is 28.8 Å². The minimum absolute atomic E-state index is 0.103. The number of aryl methyl sites for hydroxylation is 1. The zero-order chi connectivity index (χ0) is 37.4. The molecule has 0 bridgehead atoms. The van der Waals surface area contributed by atoms with Crippen molar-refractivity contribution < 1.29 is 18.7 Å². The average molecular weight is 722 g/mol. The van der Waals surface area contributed by atoms with Crippen molar-refractivity contribution in [3.05, 3.63) is 89.6 Å². The Kier molecular flexibility index (Phi) is 9.88. The fourth-order valence-corrected chi connectivity index (χ4v) is 7.61. The third-order valence-electron chi connectivity index (χ3n) is 10.4. The smallest absolute Gasteiger partial charge is 0.282 e. The maximum atomic E-state index is 14.9. The highest BCUT2D eigenvalue weighted by Crippen LogP contribution is 2.40. The van der Waals surface area contributed by atoms with E-state index in [0.717, 1.165) is 37.4 Å². The Bertz CT molecular complexity index is 2160. The predicted octanol–water partition coefficient (Wildman–Crippen LogP) is 4.92. The Morgan fingerprint density at radius 3 is 2.57 bits per heavy atom. The number of nitrogens with zero attached hydrogens (tertiary/aromatic N) is 8. The summed E-state index contributed by atoms with van der Waals surface area (Å²) in [6.45, 7) is 13.7. The molecule has 276 valence electrons. The molecule has 1 atom stereocenters. The molecular formula is C39H44FN9O4. The maximum absolute atomic E-state index is 14.9. The molecule has 4 aromatic rings. The first-order chi connectivity index (χ1) is 25.6. The number of ether oxygens (including phenoxy) is 1. The van der Waals surface area contributed by atoms with Crippen LogP contribution < -0.4 is 30.3 Å². The number of nitrogens with one attached hydrogen (secondary N) is 1. The third-order valence-corrected chi connectivity index (χ3v) is 10.4. The molecule has 0 unspecified atom stereocenters. The molecule has 2 fully saturated rings. The number of methoxy groups -OCH3 is 1. The van der Waals surface area contributed by atoms with Crippen LogP contribution in [0.15, 0.2) is 78.5 Å². The van der Waals surface area contributed by atoms with Gasteiger partial charge in [0.15, 0.2) is 5.83 Å². The van der Waals surface area contributed by atoms with E-state index in [2.05, 4.69) is 40.3 Å². The fourth-order valence-electron chi connectivity index (χ4n) is 7.61.